The van der Waals surface area contributed by atoms with Gasteiger partial charge in [0.15, 0.2) is 5.76 Å². The van der Waals surface area contributed by atoms with Crippen molar-refractivity contribution in [1.29, 1.82) is 0 Å². The fraction of sp³-hybridized carbons (Fsp3) is 0.500. The molecule has 4 rings (SSSR count). The van der Waals surface area contributed by atoms with Crippen LogP contribution in [0.4, 0.5) is 10.5 Å². The molecule has 27 heavy (non-hydrogen) atoms. The molecule has 0 atom stereocenters. The van der Waals surface area contributed by atoms with E-state index in [1.165, 1.54) is 0 Å². The van der Waals surface area contributed by atoms with Crippen molar-refractivity contribution in [3.05, 3.63) is 28.5 Å². The van der Waals surface area contributed by atoms with Gasteiger partial charge in [-0.05, 0) is 38.8 Å². The molecule has 1 spiro atoms. The van der Waals surface area contributed by atoms with E-state index in [1.807, 2.05) is 13.8 Å². The quantitative estimate of drug-likeness (QED) is 0.786. The average molecular weight is 390 g/mol. The van der Waals surface area contributed by atoms with E-state index >= 15 is 0 Å². The maximum Gasteiger partial charge on any atom is 0.319 e. The lowest BCUT2D eigenvalue weighted by Gasteiger charge is -2.42. The highest BCUT2D eigenvalue weighted by Crippen LogP contribution is 2.48. The van der Waals surface area contributed by atoms with Gasteiger partial charge in [-0.25, -0.2) is 4.79 Å². The van der Waals surface area contributed by atoms with Crippen molar-refractivity contribution in [2.75, 3.05) is 18.4 Å². The molecule has 1 aromatic heterocycles. The highest BCUT2D eigenvalue weighted by Gasteiger charge is 2.44. The fourth-order valence-corrected chi connectivity index (χ4v) is 4.71. The van der Waals surface area contributed by atoms with Gasteiger partial charge in [-0.3, -0.25) is 4.79 Å². The molecule has 1 aromatic carbocycles. The molecule has 2 aromatic rings. The second kappa shape index (κ2) is 6.75. The summed E-state index contributed by atoms with van der Waals surface area (Å²) in [7, 11) is 0. The van der Waals surface area contributed by atoms with Crippen LogP contribution in [0.2, 0.25) is 5.02 Å². The zero-order valence-electron chi connectivity index (χ0n) is 15.7. The highest BCUT2D eigenvalue weighted by molar-refractivity contribution is 6.35. The van der Waals surface area contributed by atoms with Crippen LogP contribution in [0.5, 0.6) is 0 Å². The topological polar surface area (TPSA) is 74.6 Å². The van der Waals surface area contributed by atoms with Crippen molar-refractivity contribution in [3.63, 3.8) is 0 Å². The molecular formula is C20H24ClN3O3. The van der Waals surface area contributed by atoms with E-state index in [2.05, 4.69) is 10.6 Å². The third-order valence-electron chi connectivity index (χ3n) is 5.80. The average Bonchev–Trinajstić information content (AvgIpc) is 3.06. The Kier molecular flexibility index (Phi) is 4.54. The third kappa shape index (κ3) is 2.87. The Morgan fingerprint density at radius 1 is 1.22 bits per heavy atom. The van der Waals surface area contributed by atoms with E-state index in [4.69, 9.17) is 16.0 Å². The Morgan fingerprint density at radius 2 is 1.93 bits per heavy atom. The number of halogens is 1. The zero-order valence-corrected chi connectivity index (χ0v) is 16.4. The number of carbonyl (C=O) groups excluding carboxylic acids is 2. The van der Waals surface area contributed by atoms with Crippen molar-refractivity contribution in [3.8, 4) is 0 Å². The first-order valence-electron chi connectivity index (χ1n) is 9.64. The van der Waals surface area contributed by atoms with Gasteiger partial charge >= 0.3 is 6.03 Å². The van der Waals surface area contributed by atoms with E-state index < -0.39 is 5.54 Å². The number of urea groups is 1. The molecule has 0 bridgehead atoms. The molecule has 1 saturated carbocycles. The standard InChI is InChI=1S/C20H24ClN3O3/c1-3-24(4-2)18(25)14-11-12-10-13(21)16-15(17(12)27-14)20(23-19(26)22-16)8-6-5-7-9-20/h10-11H,3-9H2,1-2H3,(H2,22,23,26). The minimum atomic E-state index is -0.494. The monoisotopic (exact) mass is 389 g/mol. The number of fused-ring (bicyclic) bond motifs is 4. The second-order valence-electron chi connectivity index (χ2n) is 7.34. The lowest BCUT2D eigenvalue weighted by molar-refractivity contribution is 0.0743. The molecule has 6 nitrogen and oxygen atoms in total. The van der Waals surface area contributed by atoms with E-state index in [0.717, 1.165) is 43.1 Å². The highest BCUT2D eigenvalue weighted by atomic mass is 35.5. The van der Waals surface area contributed by atoms with Crippen molar-refractivity contribution in [2.45, 2.75) is 51.5 Å². The molecular weight excluding hydrogens is 366 g/mol. The minimum Gasteiger partial charge on any atom is -0.450 e. The first kappa shape index (κ1) is 18.2. The fourth-order valence-electron chi connectivity index (χ4n) is 4.46. The van der Waals surface area contributed by atoms with E-state index in [1.54, 1.807) is 17.0 Å². The van der Waals surface area contributed by atoms with Gasteiger partial charge in [0.1, 0.15) is 5.58 Å². The molecule has 1 aliphatic heterocycles. The van der Waals surface area contributed by atoms with E-state index in [0.29, 0.717) is 35.1 Å². The molecule has 7 heteroatoms. The van der Waals surface area contributed by atoms with Crippen LogP contribution in [-0.2, 0) is 5.54 Å². The number of amides is 3. The summed E-state index contributed by atoms with van der Waals surface area (Å²) in [5.41, 5.74) is 1.63. The van der Waals surface area contributed by atoms with Crippen molar-refractivity contribution < 1.29 is 14.0 Å². The maximum atomic E-state index is 12.8. The predicted molar refractivity (Wildman–Crippen MR) is 105 cm³/mol. The summed E-state index contributed by atoms with van der Waals surface area (Å²) in [6.07, 6.45) is 4.87. The second-order valence-corrected chi connectivity index (χ2v) is 7.74. The Labute approximate surface area is 163 Å². The summed E-state index contributed by atoms with van der Waals surface area (Å²) in [6, 6.07) is 3.28. The number of nitrogens with zero attached hydrogens (tertiary/aromatic N) is 1. The van der Waals surface area contributed by atoms with Gasteiger partial charge in [-0.1, -0.05) is 30.9 Å². The SMILES string of the molecule is CCN(CC)C(=O)c1cc2cc(Cl)c3c(c2o1)C1(CCCCC1)NC(=O)N3. The molecule has 0 saturated heterocycles. The van der Waals surface area contributed by atoms with Crippen LogP contribution in [0.25, 0.3) is 11.0 Å². The van der Waals surface area contributed by atoms with Crippen molar-refractivity contribution >= 4 is 40.2 Å². The molecule has 0 unspecified atom stereocenters. The summed E-state index contributed by atoms with van der Waals surface area (Å²) in [6.45, 7) is 5.12. The van der Waals surface area contributed by atoms with Gasteiger partial charge in [-0.15, -0.1) is 0 Å². The molecule has 2 aliphatic rings. The number of furan rings is 1. The van der Waals surface area contributed by atoms with Gasteiger partial charge < -0.3 is 20.0 Å². The van der Waals surface area contributed by atoms with Crippen LogP contribution in [0.15, 0.2) is 16.5 Å². The largest absolute Gasteiger partial charge is 0.450 e. The molecule has 1 fully saturated rings. The zero-order chi connectivity index (χ0) is 19.2. The Hall–Kier alpha value is -2.21. The predicted octanol–water partition coefficient (Wildman–Crippen LogP) is 4.86. The summed E-state index contributed by atoms with van der Waals surface area (Å²) >= 11 is 6.52. The number of carbonyl (C=O) groups is 2. The van der Waals surface area contributed by atoms with Gasteiger partial charge in [-0.2, -0.15) is 0 Å². The van der Waals surface area contributed by atoms with Gasteiger partial charge in [0.05, 0.1) is 16.2 Å². The van der Waals surface area contributed by atoms with Gasteiger partial charge in [0, 0.05) is 24.0 Å². The maximum absolute atomic E-state index is 12.8. The van der Waals surface area contributed by atoms with Gasteiger partial charge in [0.2, 0.25) is 0 Å². The van der Waals surface area contributed by atoms with Crippen LogP contribution in [0.3, 0.4) is 0 Å². The lowest BCUT2D eigenvalue weighted by Crippen LogP contribution is -2.52. The number of benzene rings is 1. The molecule has 3 amide bonds. The van der Waals surface area contributed by atoms with Crippen LogP contribution >= 0.6 is 11.6 Å². The molecule has 2 N–H and O–H groups in total. The first-order chi connectivity index (χ1) is 13.0. The summed E-state index contributed by atoms with van der Waals surface area (Å²) in [5.74, 6) is 0.174. The smallest absolute Gasteiger partial charge is 0.319 e. The molecule has 1 aliphatic carbocycles. The lowest BCUT2D eigenvalue weighted by atomic mass is 9.74. The molecule has 2 heterocycles. The first-order valence-corrected chi connectivity index (χ1v) is 10.0. The minimum absolute atomic E-state index is 0.133. The molecule has 0 radical (unpaired) electrons. The summed E-state index contributed by atoms with van der Waals surface area (Å²) in [4.78, 5) is 26.8. The Bertz CT molecular complexity index is 911. The van der Waals surface area contributed by atoms with Crippen molar-refractivity contribution in [1.82, 2.24) is 10.2 Å². The third-order valence-corrected chi connectivity index (χ3v) is 6.10. The van der Waals surface area contributed by atoms with Crippen LogP contribution in [0, 0.1) is 0 Å². The van der Waals surface area contributed by atoms with E-state index in [-0.39, 0.29) is 11.9 Å². The van der Waals surface area contributed by atoms with Crippen LogP contribution < -0.4 is 10.6 Å². The summed E-state index contributed by atoms with van der Waals surface area (Å²) < 4.78 is 6.09. The molecule has 144 valence electrons. The van der Waals surface area contributed by atoms with E-state index in [9.17, 15) is 9.59 Å². The summed E-state index contributed by atoms with van der Waals surface area (Å²) in [5, 5.41) is 7.23. The number of hydrogen-bond donors (Lipinski definition) is 2. The van der Waals surface area contributed by atoms with Crippen LogP contribution in [0.1, 0.15) is 62.1 Å². The van der Waals surface area contributed by atoms with Gasteiger partial charge in [0.25, 0.3) is 5.91 Å². The number of hydrogen-bond acceptors (Lipinski definition) is 3. The Balaban J connectivity index is 1.91. The van der Waals surface area contributed by atoms with Crippen LogP contribution in [-0.4, -0.2) is 29.9 Å². The Morgan fingerprint density at radius 3 is 2.59 bits per heavy atom. The van der Waals surface area contributed by atoms with Crippen molar-refractivity contribution in [2.24, 2.45) is 0 Å². The number of rotatable bonds is 3. The normalized spacial score (nSPS) is 18.1. The number of anilines is 1. The number of nitrogens with one attached hydrogen (secondary N) is 2.